The smallest absolute Gasteiger partial charge is 0.244 e. The van der Waals surface area contributed by atoms with Crippen LogP contribution in [0.15, 0.2) is 36.4 Å². The van der Waals surface area contributed by atoms with Crippen LogP contribution in [0.25, 0.3) is 0 Å². The second-order valence-electron chi connectivity index (χ2n) is 8.49. The number of hydrogen-bond acceptors (Lipinski definition) is 4. The molecular weight excluding hydrogens is 545 g/mol. The first-order valence-electron chi connectivity index (χ1n) is 11.6. The quantitative estimate of drug-likeness (QED) is 0.341. The minimum Gasteiger partial charge on any atom is -0.354 e. The third-order valence-electron chi connectivity index (χ3n) is 5.74. The Kier molecular flexibility index (Phi) is 11.3. The SMILES string of the molecule is CCCCNC(=O)[C@H](CC)N(Cc1ccc(Cl)c(Cl)c1)C(=O)CN(c1cccc(Cl)c1C)S(C)(=O)=O. The molecular formula is C25H32Cl3N3O4S. The van der Waals surface area contributed by atoms with Crippen LogP contribution in [0.2, 0.25) is 15.1 Å². The second-order valence-corrected chi connectivity index (χ2v) is 11.6. The van der Waals surface area contributed by atoms with E-state index in [1.807, 2.05) is 6.92 Å². The Morgan fingerprint density at radius 3 is 2.31 bits per heavy atom. The predicted octanol–water partition coefficient (Wildman–Crippen LogP) is 5.44. The number of rotatable bonds is 12. The van der Waals surface area contributed by atoms with Crippen LogP contribution in [0.5, 0.6) is 0 Å². The Morgan fingerprint density at radius 2 is 1.72 bits per heavy atom. The van der Waals surface area contributed by atoms with Gasteiger partial charge in [0.1, 0.15) is 12.6 Å². The molecule has 2 rings (SSSR count). The number of unbranched alkanes of at least 4 members (excludes halogenated alkanes) is 1. The van der Waals surface area contributed by atoms with Crippen LogP contribution >= 0.6 is 34.8 Å². The van der Waals surface area contributed by atoms with Crippen molar-refractivity contribution in [2.75, 3.05) is 23.7 Å². The molecule has 0 bridgehead atoms. The Morgan fingerprint density at radius 1 is 1.03 bits per heavy atom. The van der Waals surface area contributed by atoms with E-state index in [4.69, 9.17) is 34.8 Å². The van der Waals surface area contributed by atoms with Crippen LogP contribution in [0.1, 0.15) is 44.2 Å². The first kappa shape index (κ1) is 30.2. The first-order chi connectivity index (χ1) is 16.9. The molecule has 1 atom stereocenters. The molecule has 1 N–H and O–H groups in total. The fourth-order valence-corrected chi connectivity index (χ4v) is 5.11. The second kappa shape index (κ2) is 13.5. The molecule has 0 aliphatic heterocycles. The van der Waals surface area contributed by atoms with Gasteiger partial charge in [-0.2, -0.15) is 0 Å². The maximum Gasteiger partial charge on any atom is 0.244 e. The zero-order chi connectivity index (χ0) is 27.0. The lowest BCUT2D eigenvalue weighted by Gasteiger charge is -2.33. The number of carbonyl (C=O) groups is 2. The van der Waals surface area contributed by atoms with Crippen LogP contribution in [-0.4, -0.2) is 50.5 Å². The summed E-state index contributed by atoms with van der Waals surface area (Å²) < 4.78 is 26.5. The van der Waals surface area contributed by atoms with Gasteiger partial charge in [-0.05, 0) is 55.2 Å². The van der Waals surface area contributed by atoms with Crippen molar-refractivity contribution in [2.45, 2.75) is 52.6 Å². The lowest BCUT2D eigenvalue weighted by atomic mass is 10.1. The summed E-state index contributed by atoms with van der Waals surface area (Å²) in [4.78, 5) is 28.2. The maximum atomic E-state index is 13.7. The largest absolute Gasteiger partial charge is 0.354 e. The number of amides is 2. The zero-order valence-electron chi connectivity index (χ0n) is 20.9. The van der Waals surface area contributed by atoms with Gasteiger partial charge in [-0.1, -0.05) is 67.2 Å². The molecule has 198 valence electrons. The third kappa shape index (κ3) is 8.00. The summed E-state index contributed by atoms with van der Waals surface area (Å²) in [6.45, 7) is 5.53. The monoisotopic (exact) mass is 575 g/mol. The van der Waals surface area contributed by atoms with Crippen LogP contribution in [0.3, 0.4) is 0 Å². The van der Waals surface area contributed by atoms with Crippen LogP contribution < -0.4 is 9.62 Å². The number of halogens is 3. The average Bonchev–Trinajstić information content (AvgIpc) is 2.81. The highest BCUT2D eigenvalue weighted by molar-refractivity contribution is 7.92. The first-order valence-corrected chi connectivity index (χ1v) is 14.6. The fourth-order valence-electron chi connectivity index (χ4n) is 3.72. The molecule has 11 heteroatoms. The summed E-state index contributed by atoms with van der Waals surface area (Å²) in [7, 11) is -3.85. The van der Waals surface area contributed by atoms with Crippen molar-refractivity contribution in [3.05, 3.63) is 62.6 Å². The molecule has 2 amide bonds. The molecule has 0 fully saturated rings. The normalized spacial score (nSPS) is 12.2. The van der Waals surface area contributed by atoms with Gasteiger partial charge in [0, 0.05) is 18.1 Å². The molecule has 36 heavy (non-hydrogen) atoms. The van der Waals surface area contributed by atoms with Crippen molar-refractivity contribution in [3.63, 3.8) is 0 Å². The summed E-state index contributed by atoms with van der Waals surface area (Å²) in [6.07, 6.45) is 3.07. The van der Waals surface area contributed by atoms with E-state index >= 15 is 0 Å². The molecule has 2 aromatic rings. The van der Waals surface area contributed by atoms with Gasteiger partial charge in [0.05, 0.1) is 22.0 Å². The Balaban J connectivity index is 2.47. The molecule has 0 spiro atoms. The highest BCUT2D eigenvalue weighted by atomic mass is 35.5. The average molecular weight is 577 g/mol. The van der Waals surface area contributed by atoms with Crippen molar-refractivity contribution in [3.8, 4) is 0 Å². The number of anilines is 1. The van der Waals surface area contributed by atoms with Crippen molar-refractivity contribution in [1.82, 2.24) is 10.2 Å². The van der Waals surface area contributed by atoms with Gasteiger partial charge in [0.2, 0.25) is 21.8 Å². The summed E-state index contributed by atoms with van der Waals surface area (Å²) in [5, 5.41) is 3.93. The number of nitrogens with zero attached hydrogens (tertiary/aromatic N) is 2. The van der Waals surface area contributed by atoms with E-state index in [1.165, 1.54) is 4.90 Å². The predicted molar refractivity (Wildman–Crippen MR) is 147 cm³/mol. The molecule has 0 radical (unpaired) electrons. The van der Waals surface area contributed by atoms with E-state index in [9.17, 15) is 18.0 Å². The summed E-state index contributed by atoms with van der Waals surface area (Å²) in [5.41, 5.74) is 1.48. The number of nitrogens with one attached hydrogen (secondary N) is 1. The van der Waals surface area contributed by atoms with Gasteiger partial charge < -0.3 is 10.2 Å². The summed E-state index contributed by atoms with van der Waals surface area (Å²) in [6, 6.07) is 9.00. The number of benzene rings is 2. The molecule has 0 aliphatic carbocycles. The minimum absolute atomic E-state index is 0.0432. The van der Waals surface area contributed by atoms with Gasteiger partial charge in [-0.3, -0.25) is 13.9 Å². The van der Waals surface area contributed by atoms with Crippen molar-refractivity contribution in [1.29, 1.82) is 0 Å². The van der Waals surface area contributed by atoms with Gasteiger partial charge in [0.15, 0.2) is 0 Å². The van der Waals surface area contributed by atoms with E-state index in [-0.39, 0.29) is 12.5 Å². The van der Waals surface area contributed by atoms with Gasteiger partial charge >= 0.3 is 0 Å². The third-order valence-corrected chi connectivity index (χ3v) is 8.01. The number of sulfonamides is 1. The highest BCUT2D eigenvalue weighted by Gasteiger charge is 2.32. The van der Waals surface area contributed by atoms with Crippen LogP contribution in [-0.2, 0) is 26.2 Å². The Bertz CT molecular complexity index is 1190. The molecule has 7 nitrogen and oxygen atoms in total. The van der Waals surface area contributed by atoms with Crippen LogP contribution in [0.4, 0.5) is 5.69 Å². The van der Waals surface area contributed by atoms with Crippen LogP contribution in [0, 0.1) is 6.92 Å². The molecule has 0 heterocycles. The lowest BCUT2D eigenvalue weighted by molar-refractivity contribution is -0.140. The molecule has 0 aromatic heterocycles. The lowest BCUT2D eigenvalue weighted by Crippen LogP contribution is -2.52. The maximum absolute atomic E-state index is 13.7. The Hall–Kier alpha value is -2.00. The molecule has 0 saturated carbocycles. The van der Waals surface area contributed by atoms with E-state index in [2.05, 4.69) is 5.32 Å². The van der Waals surface area contributed by atoms with E-state index < -0.39 is 28.5 Å². The highest BCUT2D eigenvalue weighted by Crippen LogP contribution is 2.29. The minimum atomic E-state index is -3.85. The van der Waals surface area contributed by atoms with E-state index in [1.54, 1.807) is 50.2 Å². The number of carbonyl (C=O) groups excluding carboxylic acids is 2. The van der Waals surface area contributed by atoms with Gasteiger partial charge in [-0.25, -0.2) is 8.42 Å². The molecule has 0 aliphatic rings. The van der Waals surface area contributed by atoms with E-state index in [0.29, 0.717) is 44.8 Å². The summed E-state index contributed by atoms with van der Waals surface area (Å²) >= 11 is 18.4. The summed E-state index contributed by atoms with van der Waals surface area (Å²) in [5.74, 6) is -0.840. The van der Waals surface area contributed by atoms with Gasteiger partial charge in [-0.15, -0.1) is 0 Å². The topological polar surface area (TPSA) is 86.8 Å². The van der Waals surface area contributed by atoms with Crippen molar-refractivity contribution < 1.29 is 18.0 Å². The molecule has 0 unspecified atom stereocenters. The molecule has 2 aromatic carbocycles. The van der Waals surface area contributed by atoms with Crippen molar-refractivity contribution in [2.24, 2.45) is 0 Å². The zero-order valence-corrected chi connectivity index (χ0v) is 23.9. The standard InChI is InChI=1S/C25H32Cl3N3O4S/c1-5-7-13-29-25(33)22(6-2)30(15-18-11-12-20(27)21(28)14-18)24(32)16-31(36(4,34)35)23-10-8-9-19(26)17(23)3/h8-12,14,22H,5-7,13,15-16H2,1-4H3,(H,29,33)/t22-/m0/s1. The molecule has 0 saturated heterocycles. The number of hydrogen-bond donors (Lipinski definition) is 1. The fraction of sp³-hybridized carbons (Fsp3) is 0.440. The van der Waals surface area contributed by atoms with Gasteiger partial charge in [0.25, 0.3) is 0 Å². The Labute approximate surface area is 228 Å². The van der Waals surface area contributed by atoms with E-state index in [0.717, 1.165) is 23.4 Å². The van der Waals surface area contributed by atoms with Crippen molar-refractivity contribution >= 4 is 62.3 Å².